The second-order valence-corrected chi connectivity index (χ2v) is 9.44. The molecule has 0 fully saturated rings. The van der Waals surface area contributed by atoms with Gasteiger partial charge in [0.15, 0.2) is 0 Å². The Hall–Kier alpha value is -0.300. The van der Waals surface area contributed by atoms with E-state index in [1.165, 1.54) is 0 Å². The predicted molar refractivity (Wildman–Crippen MR) is 5.65 cm³/mol. The summed E-state index contributed by atoms with van der Waals surface area (Å²) in [7, 11) is 0. The molecule has 0 bridgehead atoms. The summed E-state index contributed by atoms with van der Waals surface area (Å²) in [5.74, 6) is 0. The van der Waals surface area contributed by atoms with Gasteiger partial charge in [-0.1, -0.05) is 0 Å². The van der Waals surface area contributed by atoms with Crippen molar-refractivity contribution in [1.29, 1.82) is 0 Å². The van der Waals surface area contributed by atoms with Crippen LogP contribution in [0.2, 0.25) is 0 Å². The molecule has 7 heavy (non-hydrogen) atoms. The van der Waals surface area contributed by atoms with Crippen LogP contribution in [0.5, 0.6) is 0 Å². The van der Waals surface area contributed by atoms with Crippen molar-refractivity contribution in [3.63, 3.8) is 0 Å². The molecule has 0 saturated carbocycles. The van der Waals surface area contributed by atoms with Crippen molar-refractivity contribution < 1.29 is 34.6 Å². The van der Waals surface area contributed by atoms with Crippen molar-refractivity contribution in [1.82, 2.24) is 0 Å². The summed E-state index contributed by atoms with van der Waals surface area (Å²) in [4.78, 5) is 0. The van der Waals surface area contributed by atoms with Crippen molar-refractivity contribution in [2.24, 2.45) is 0 Å². The zero-order chi connectivity index (χ0) is 6.41. The molecule has 7 heteroatoms. The molecule has 42 valence electrons. The monoisotopic (exact) mass is 278 g/mol. The summed E-state index contributed by atoms with van der Waals surface area (Å²) < 4.78 is 50.9. The van der Waals surface area contributed by atoms with Crippen molar-refractivity contribution in [3.05, 3.63) is 0 Å². The van der Waals surface area contributed by atoms with Gasteiger partial charge >= 0.3 is 34.6 Å². The van der Waals surface area contributed by atoms with Gasteiger partial charge in [0.25, 0.3) is 0 Å². The van der Waals surface area contributed by atoms with Gasteiger partial charge in [0.2, 0.25) is 0 Å². The first-order valence-electron chi connectivity index (χ1n) is 1.11. The second-order valence-electron chi connectivity index (χ2n) is 1.15. The first-order valence-corrected chi connectivity index (χ1v) is 9.11. The molecule has 6 nitrogen and oxygen atoms in total. The summed E-state index contributed by atoms with van der Waals surface area (Å²) in [6, 6.07) is 0. The Morgan fingerprint density at radius 3 is 0.857 bits per heavy atom. The summed E-state index contributed by atoms with van der Waals surface area (Å²) in [6.07, 6.45) is 0. The van der Waals surface area contributed by atoms with Crippen LogP contribution < -0.4 is 0 Å². The van der Waals surface area contributed by atoms with Crippen LogP contribution >= 0.6 is 0 Å². The Balaban J connectivity index is 7.65. The van der Waals surface area contributed by atoms with Gasteiger partial charge in [-0.05, 0) is 0 Å². The quantitative estimate of drug-likeness (QED) is 0.599. The van der Waals surface area contributed by atoms with Crippen molar-refractivity contribution in [3.8, 4) is 0 Å². The van der Waals surface area contributed by atoms with E-state index < -0.39 is 14.8 Å². The SMILES string of the molecule is [O]=[Ta](=[O])(=[O])(=[O])(=[O])[OH]. The standard InChI is InChI=1S/H2O.5O.Ta/h1H2;;;;;;/q;;;;;;+1/p-1. The summed E-state index contributed by atoms with van der Waals surface area (Å²) in [6.45, 7) is 0. The fourth-order valence-electron chi connectivity index (χ4n) is 0. The molecule has 0 aromatic carbocycles. The molecular weight excluding hydrogens is 277 g/mol. The average molecular weight is 278 g/mol. The van der Waals surface area contributed by atoms with Crippen LogP contribution in [0.3, 0.4) is 0 Å². The van der Waals surface area contributed by atoms with E-state index in [0.717, 1.165) is 0 Å². The van der Waals surface area contributed by atoms with Gasteiger partial charge < -0.3 is 0 Å². The molecule has 0 aliphatic heterocycles. The van der Waals surface area contributed by atoms with Crippen LogP contribution in [0, 0.1) is 0 Å². The minimum atomic E-state index is -9.60. The fourth-order valence-corrected chi connectivity index (χ4v) is 0. The molecule has 0 heterocycles. The zero-order valence-corrected chi connectivity index (χ0v) is 6.15. The Morgan fingerprint density at radius 1 is 0.857 bits per heavy atom. The molecule has 0 amide bonds. The molecule has 0 atom stereocenters. The van der Waals surface area contributed by atoms with Crippen molar-refractivity contribution in [2.45, 2.75) is 0 Å². The van der Waals surface area contributed by atoms with Crippen LogP contribution in [0.25, 0.3) is 0 Å². The average Bonchev–Trinajstić information content (AvgIpc) is 0.592. The van der Waals surface area contributed by atoms with Crippen molar-refractivity contribution >= 4 is 0 Å². The maximum absolute atomic E-state index is 9.60. The maximum atomic E-state index is 8.80. The van der Waals surface area contributed by atoms with Gasteiger partial charge in [-0.25, -0.2) is 0 Å². The van der Waals surface area contributed by atoms with E-state index in [4.69, 9.17) is 19.9 Å². The summed E-state index contributed by atoms with van der Waals surface area (Å²) >= 11 is -9.60. The molecule has 0 aromatic heterocycles. The number of rotatable bonds is 0. The van der Waals surface area contributed by atoms with E-state index in [2.05, 4.69) is 0 Å². The number of hydrogen-bond donors (Lipinski definition) is 1. The Labute approximate surface area is 35.3 Å². The predicted octanol–water partition coefficient (Wildman–Crippen LogP) is -1.15. The molecule has 1 N–H and O–H groups in total. The normalized spacial score (nSPS) is 12.1. The molecule has 0 rings (SSSR count). The van der Waals surface area contributed by atoms with Gasteiger partial charge in [0, 0.05) is 0 Å². The van der Waals surface area contributed by atoms with Gasteiger partial charge in [-0.3, -0.25) is 0 Å². The summed E-state index contributed by atoms with van der Waals surface area (Å²) in [5, 5.41) is 0. The van der Waals surface area contributed by atoms with Crippen LogP contribution in [-0.4, -0.2) is 3.61 Å². The molecular formula is HO6Ta. The Morgan fingerprint density at radius 2 is 0.857 bits per heavy atom. The minimum absolute atomic E-state index is 6.88. The van der Waals surface area contributed by atoms with Crippen LogP contribution in [0.1, 0.15) is 0 Å². The van der Waals surface area contributed by atoms with E-state index in [9.17, 15) is 0 Å². The van der Waals surface area contributed by atoms with E-state index in [0.29, 0.717) is 0 Å². The molecule has 0 spiro atoms. The fraction of sp³-hybridized carbons (Fsp3) is 0. The van der Waals surface area contributed by atoms with Crippen LogP contribution in [0.4, 0.5) is 0 Å². The molecule has 0 aliphatic rings. The molecule has 0 aromatic rings. The van der Waals surface area contributed by atoms with Gasteiger partial charge in [0.05, 0.1) is 0 Å². The molecule has 0 unspecified atom stereocenters. The van der Waals surface area contributed by atoms with Crippen molar-refractivity contribution in [2.75, 3.05) is 0 Å². The molecule has 0 saturated heterocycles. The van der Waals surface area contributed by atoms with Crippen LogP contribution in [-0.2, 0) is 31.0 Å². The van der Waals surface area contributed by atoms with E-state index in [1.54, 1.807) is 0 Å². The Bertz CT molecular complexity index is 382. The van der Waals surface area contributed by atoms with E-state index in [1.807, 2.05) is 0 Å². The molecule has 0 aliphatic carbocycles. The summed E-state index contributed by atoms with van der Waals surface area (Å²) in [5.41, 5.74) is 0. The topological polar surface area (TPSA) is 106 Å². The van der Waals surface area contributed by atoms with Gasteiger partial charge in [-0.15, -0.1) is 0 Å². The number of hydrogen-bond acceptors (Lipinski definition) is 5. The first-order chi connectivity index (χ1) is 2.45. The molecule has 0 radical (unpaired) electrons. The van der Waals surface area contributed by atoms with Gasteiger partial charge in [0.1, 0.15) is 0 Å². The third-order valence-electron chi connectivity index (χ3n) is 0. The first kappa shape index (κ1) is 6.70. The van der Waals surface area contributed by atoms with E-state index in [-0.39, 0.29) is 0 Å². The third kappa shape index (κ3) is 869. The Kier molecular flexibility index (Phi) is 0.558. The van der Waals surface area contributed by atoms with E-state index >= 15 is 0 Å². The van der Waals surface area contributed by atoms with Crippen LogP contribution in [0.15, 0.2) is 0 Å². The zero-order valence-electron chi connectivity index (χ0n) is 2.94. The van der Waals surface area contributed by atoms with Gasteiger partial charge in [-0.2, -0.15) is 0 Å². The third-order valence-corrected chi connectivity index (χ3v) is 0. The second kappa shape index (κ2) is 0.583.